The zero-order valence-electron chi connectivity index (χ0n) is 23.8. The fourth-order valence-electron chi connectivity index (χ4n) is 5.96. The highest BCUT2D eigenvalue weighted by molar-refractivity contribution is 5.84. The van der Waals surface area contributed by atoms with Gasteiger partial charge in [0, 0.05) is 0 Å². The monoisotopic (exact) mass is 552 g/mol. The summed E-state index contributed by atoms with van der Waals surface area (Å²) in [5.74, 6) is 0. The summed E-state index contributed by atoms with van der Waals surface area (Å²) in [7, 11) is 0. The molecule has 2 heterocycles. The highest BCUT2D eigenvalue weighted by Crippen LogP contribution is 2.34. The topological polar surface area (TPSA) is 46.2 Å². The molecule has 2 bridgehead atoms. The predicted molar refractivity (Wildman–Crippen MR) is 160 cm³/mol. The maximum atomic E-state index is 6.89. The van der Waals surface area contributed by atoms with Crippen LogP contribution in [0.5, 0.6) is 0 Å². The Morgan fingerprint density at radius 1 is 0.707 bits per heavy atom. The summed E-state index contributed by atoms with van der Waals surface area (Å²) in [6.45, 7) is 4.57. The summed E-state index contributed by atoms with van der Waals surface area (Å²) in [6.07, 6.45) is 1.75. The van der Waals surface area contributed by atoms with Crippen LogP contribution in [-0.2, 0) is 50.1 Å². The van der Waals surface area contributed by atoms with Crippen molar-refractivity contribution in [2.24, 2.45) is 0 Å². The number of benzene rings is 4. The van der Waals surface area contributed by atoms with E-state index in [9.17, 15) is 0 Å². The first kappa shape index (κ1) is 28.1. The molecule has 2 aliphatic rings. The minimum absolute atomic E-state index is 0.107. The second-order valence-corrected chi connectivity index (χ2v) is 11.1. The number of fused-ring (bicyclic) bond motifs is 4. The van der Waals surface area contributed by atoms with Crippen molar-refractivity contribution < 1.29 is 23.7 Å². The molecule has 1 fully saturated rings. The van der Waals surface area contributed by atoms with E-state index < -0.39 is 0 Å². The molecule has 5 atom stereocenters. The van der Waals surface area contributed by atoms with Crippen molar-refractivity contribution in [1.29, 1.82) is 0 Å². The third kappa shape index (κ3) is 6.88. The lowest BCUT2D eigenvalue weighted by molar-refractivity contribution is -0.274. The Bertz CT molecular complexity index is 1370. The Balaban J connectivity index is 1.33. The molecule has 5 unspecified atom stereocenters. The van der Waals surface area contributed by atoms with Gasteiger partial charge in [0.25, 0.3) is 0 Å². The molecule has 5 nitrogen and oxygen atoms in total. The molecule has 0 aliphatic carbocycles. The highest BCUT2D eigenvalue weighted by atomic mass is 16.6. The Morgan fingerprint density at radius 3 is 1.93 bits per heavy atom. The zero-order valence-corrected chi connectivity index (χ0v) is 23.8. The molecule has 0 spiro atoms. The van der Waals surface area contributed by atoms with Crippen LogP contribution in [0, 0.1) is 0 Å². The van der Waals surface area contributed by atoms with E-state index >= 15 is 0 Å². The fraction of sp³-hybridized carbons (Fsp3) is 0.389. The molecule has 214 valence electrons. The number of hydrogen-bond acceptors (Lipinski definition) is 5. The van der Waals surface area contributed by atoms with E-state index in [4.69, 9.17) is 23.7 Å². The second kappa shape index (κ2) is 13.7. The summed E-state index contributed by atoms with van der Waals surface area (Å²) < 4.78 is 33.4. The maximum absolute atomic E-state index is 6.89. The quantitative estimate of drug-likeness (QED) is 0.217. The minimum atomic E-state index is -0.337. The molecule has 6 rings (SSSR count). The van der Waals surface area contributed by atoms with Crippen LogP contribution in [0.3, 0.4) is 0 Å². The van der Waals surface area contributed by atoms with Crippen LogP contribution in [-0.4, -0.2) is 37.1 Å². The minimum Gasteiger partial charge on any atom is -0.374 e. The van der Waals surface area contributed by atoms with Gasteiger partial charge in [0.1, 0.15) is 24.4 Å². The van der Waals surface area contributed by atoms with Crippen molar-refractivity contribution in [3.63, 3.8) is 0 Å². The molecule has 0 aromatic heterocycles. The number of rotatable bonds is 9. The van der Waals surface area contributed by atoms with E-state index in [1.165, 1.54) is 10.8 Å². The van der Waals surface area contributed by atoms with Gasteiger partial charge >= 0.3 is 0 Å². The van der Waals surface area contributed by atoms with Gasteiger partial charge < -0.3 is 23.7 Å². The maximum Gasteiger partial charge on any atom is 0.115 e. The molecule has 0 N–H and O–H groups in total. The lowest BCUT2D eigenvalue weighted by Crippen LogP contribution is -2.61. The molecule has 1 saturated heterocycles. The largest absolute Gasteiger partial charge is 0.374 e. The highest BCUT2D eigenvalue weighted by Gasteiger charge is 2.48. The van der Waals surface area contributed by atoms with Gasteiger partial charge in [-0.3, -0.25) is 0 Å². The van der Waals surface area contributed by atoms with E-state index in [1.54, 1.807) is 0 Å². The van der Waals surface area contributed by atoms with Crippen LogP contribution in [0.2, 0.25) is 0 Å². The zero-order chi connectivity index (χ0) is 27.9. The Kier molecular flexibility index (Phi) is 9.41. The van der Waals surface area contributed by atoms with Crippen molar-refractivity contribution in [2.45, 2.75) is 83.1 Å². The van der Waals surface area contributed by atoms with Crippen LogP contribution < -0.4 is 0 Å². The van der Waals surface area contributed by atoms with Crippen molar-refractivity contribution in [2.75, 3.05) is 6.61 Å². The molecule has 0 saturated carbocycles. The average Bonchev–Trinajstić information content (AvgIpc) is 3.02. The van der Waals surface area contributed by atoms with Gasteiger partial charge in [0.15, 0.2) is 0 Å². The molecular weight excluding hydrogens is 512 g/mol. The molecule has 5 heteroatoms. The van der Waals surface area contributed by atoms with Gasteiger partial charge in [-0.1, -0.05) is 105 Å². The van der Waals surface area contributed by atoms with Gasteiger partial charge in [0.2, 0.25) is 0 Å². The molecule has 4 aromatic rings. The van der Waals surface area contributed by atoms with Crippen molar-refractivity contribution in [3.05, 3.63) is 119 Å². The standard InChI is InChI=1S/C36H40O5/c1-2-3-18-32-34(38-21-26-12-6-4-7-13-26)36-35(39-22-27-14-8-5-9-15-27)33(41-32)25-37-23-30-19-28-16-10-11-17-29(28)20-31(30)24-40-36/h4-17,19-20,32-36H,2-3,18,21-25H2,1H3. The van der Waals surface area contributed by atoms with E-state index in [-0.39, 0.29) is 30.5 Å². The van der Waals surface area contributed by atoms with Gasteiger partial charge in [-0.15, -0.1) is 0 Å². The lowest BCUT2D eigenvalue weighted by atomic mass is 9.91. The SMILES string of the molecule is CCCCC1OC2COCc3cc4ccccc4cc3COC(C1OCc1ccccc1)C2OCc1ccccc1. The van der Waals surface area contributed by atoms with E-state index in [0.717, 1.165) is 41.5 Å². The summed E-state index contributed by atoms with van der Waals surface area (Å²) in [5.41, 5.74) is 4.53. The van der Waals surface area contributed by atoms with Gasteiger partial charge in [-0.2, -0.15) is 0 Å². The van der Waals surface area contributed by atoms with Crippen LogP contribution in [0.4, 0.5) is 0 Å². The third-order valence-electron chi connectivity index (χ3n) is 8.18. The first-order chi connectivity index (χ1) is 20.3. The molecule has 2 aliphatic heterocycles. The first-order valence-electron chi connectivity index (χ1n) is 14.9. The number of hydrogen-bond donors (Lipinski definition) is 0. The summed E-state index contributed by atoms with van der Waals surface area (Å²) in [5, 5.41) is 2.41. The van der Waals surface area contributed by atoms with Crippen LogP contribution in [0.1, 0.15) is 48.4 Å². The normalized spacial score (nSPS) is 24.6. The van der Waals surface area contributed by atoms with Gasteiger partial charge in [-0.05, 0) is 51.6 Å². The molecule has 4 aromatic carbocycles. The van der Waals surface area contributed by atoms with Crippen molar-refractivity contribution in [3.8, 4) is 0 Å². The van der Waals surface area contributed by atoms with E-state index in [1.807, 2.05) is 36.4 Å². The van der Waals surface area contributed by atoms with Gasteiger partial charge in [-0.25, -0.2) is 0 Å². The predicted octanol–water partition coefficient (Wildman–Crippen LogP) is 7.38. The molecule has 0 amide bonds. The smallest absolute Gasteiger partial charge is 0.115 e. The summed E-state index contributed by atoms with van der Waals surface area (Å²) in [4.78, 5) is 0. The lowest BCUT2D eigenvalue weighted by Gasteiger charge is -2.47. The Hall–Kier alpha value is -3.06. The van der Waals surface area contributed by atoms with Crippen LogP contribution in [0.15, 0.2) is 97.1 Å². The third-order valence-corrected chi connectivity index (χ3v) is 8.18. The Labute approximate surface area is 243 Å². The van der Waals surface area contributed by atoms with Crippen molar-refractivity contribution in [1.82, 2.24) is 0 Å². The Morgan fingerprint density at radius 2 is 1.29 bits per heavy atom. The number of ether oxygens (including phenoxy) is 5. The van der Waals surface area contributed by atoms with Crippen molar-refractivity contribution >= 4 is 10.8 Å². The number of unbranched alkanes of at least 4 members (excludes halogenated alkanes) is 1. The molecule has 41 heavy (non-hydrogen) atoms. The molecular formula is C36H40O5. The second-order valence-electron chi connectivity index (χ2n) is 11.1. The first-order valence-corrected chi connectivity index (χ1v) is 14.9. The summed E-state index contributed by atoms with van der Waals surface area (Å²) >= 11 is 0. The molecule has 0 radical (unpaired) electrons. The van der Waals surface area contributed by atoms with E-state index in [2.05, 4.69) is 67.6 Å². The summed E-state index contributed by atoms with van der Waals surface area (Å²) in [6, 6.07) is 33.5. The van der Waals surface area contributed by atoms with E-state index in [0.29, 0.717) is 33.0 Å². The van der Waals surface area contributed by atoms with Gasteiger partial charge in [0.05, 0.1) is 39.1 Å². The fourth-order valence-corrected chi connectivity index (χ4v) is 5.96. The van der Waals surface area contributed by atoms with Crippen LogP contribution >= 0.6 is 0 Å². The average molecular weight is 553 g/mol. The van der Waals surface area contributed by atoms with Crippen LogP contribution in [0.25, 0.3) is 10.8 Å².